The van der Waals surface area contributed by atoms with E-state index in [1.54, 1.807) is 0 Å². The smallest absolute Gasteiger partial charge is 0.347 e. The van der Waals surface area contributed by atoms with Crippen molar-refractivity contribution < 1.29 is 27.5 Å². The van der Waals surface area contributed by atoms with Crippen LogP contribution in [0.15, 0.2) is 29.2 Å². The maximum absolute atomic E-state index is 12.6. The summed E-state index contributed by atoms with van der Waals surface area (Å²) in [7, 11) is -3.61. The molecule has 2 fully saturated rings. The first-order chi connectivity index (χ1) is 11.9. The number of carbonyl (C=O) groups is 2. The Bertz CT molecular complexity index is 755. The third kappa shape index (κ3) is 3.96. The van der Waals surface area contributed by atoms with E-state index in [1.807, 2.05) is 0 Å². The molecule has 0 aromatic heterocycles. The highest BCUT2D eigenvalue weighted by atomic mass is 35.5. The predicted octanol–water partition coefficient (Wildman–Crippen LogP) is 1.60. The lowest BCUT2D eigenvalue weighted by Gasteiger charge is -2.30. The number of ether oxygens (including phenoxy) is 2. The molecule has 1 atom stereocenters. The molecule has 0 spiro atoms. The molecular weight excluding hydrogens is 370 g/mol. The maximum atomic E-state index is 12.6. The van der Waals surface area contributed by atoms with Crippen LogP contribution in [0.5, 0.6) is 0 Å². The molecule has 0 N–H and O–H groups in total. The number of hydrogen-bond acceptors (Lipinski definition) is 6. The van der Waals surface area contributed by atoms with E-state index in [4.69, 9.17) is 21.1 Å². The lowest BCUT2D eigenvalue weighted by Crippen LogP contribution is -2.41. The van der Waals surface area contributed by atoms with Gasteiger partial charge in [-0.3, -0.25) is 4.79 Å². The van der Waals surface area contributed by atoms with Gasteiger partial charge in [-0.15, -0.1) is 0 Å². The molecule has 9 heteroatoms. The number of cyclic esters (lactones) is 1. The van der Waals surface area contributed by atoms with Gasteiger partial charge in [0.05, 0.1) is 17.4 Å². The average molecular weight is 388 g/mol. The number of hydrogen-bond donors (Lipinski definition) is 0. The summed E-state index contributed by atoms with van der Waals surface area (Å²) in [6, 6.07) is 5.98. The first-order valence-corrected chi connectivity index (χ1v) is 9.82. The highest BCUT2D eigenvalue weighted by molar-refractivity contribution is 7.89. The van der Waals surface area contributed by atoms with Gasteiger partial charge < -0.3 is 9.47 Å². The van der Waals surface area contributed by atoms with Gasteiger partial charge in [-0.2, -0.15) is 4.31 Å². The molecule has 2 aliphatic heterocycles. The van der Waals surface area contributed by atoms with Crippen molar-refractivity contribution in [1.82, 2.24) is 4.31 Å². The molecule has 1 aromatic rings. The Kier molecular flexibility index (Phi) is 5.31. The molecule has 0 radical (unpaired) electrons. The van der Waals surface area contributed by atoms with Gasteiger partial charge >= 0.3 is 11.9 Å². The third-order valence-electron chi connectivity index (χ3n) is 4.38. The number of halogens is 1. The van der Waals surface area contributed by atoms with E-state index >= 15 is 0 Å². The monoisotopic (exact) mass is 387 g/mol. The summed E-state index contributed by atoms with van der Waals surface area (Å²) in [6.45, 7) is 0.703. The summed E-state index contributed by atoms with van der Waals surface area (Å²) >= 11 is 5.79. The Balaban J connectivity index is 1.58. The minimum Gasteiger partial charge on any atom is -0.463 e. The molecule has 2 saturated heterocycles. The van der Waals surface area contributed by atoms with E-state index in [-0.39, 0.29) is 24.6 Å². The van der Waals surface area contributed by atoms with Crippen molar-refractivity contribution in [1.29, 1.82) is 0 Å². The molecule has 2 aliphatic rings. The van der Waals surface area contributed by atoms with Crippen molar-refractivity contribution in [2.75, 3.05) is 19.7 Å². The van der Waals surface area contributed by atoms with Crippen LogP contribution in [-0.2, 0) is 29.1 Å². The lowest BCUT2D eigenvalue weighted by molar-refractivity contribution is -0.164. The quantitative estimate of drug-likeness (QED) is 0.729. The summed E-state index contributed by atoms with van der Waals surface area (Å²) in [5.41, 5.74) is 0. The van der Waals surface area contributed by atoms with Gasteiger partial charge in [-0.05, 0) is 37.1 Å². The fraction of sp³-hybridized carbons (Fsp3) is 0.500. The van der Waals surface area contributed by atoms with Gasteiger partial charge in [0.1, 0.15) is 0 Å². The second-order valence-corrected chi connectivity index (χ2v) is 8.39. The van der Waals surface area contributed by atoms with Crippen molar-refractivity contribution in [3.63, 3.8) is 0 Å². The summed E-state index contributed by atoms with van der Waals surface area (Å²) < 4.78 is 36.5. The number of benzene rings is 1. The third-order valence-corrected chi connectivity index (χ3v) is 6.55. The Morgan fingerprint density at radius 3 is 2.36 bits per heavy atom. The predicted molar refractivity (Wildman–Crippen MR) is 88.4 cm³/mol. The van der Waals surface area contributed by atoms with Crippen molar-refractivity contribution >= 4 is 33.6 Å². The molecule has 136 valence electrons. The van der Waals surface area contributed by atoms with Crippen molar-refractivity contribution in [2.24, 2.45) is 5.92 Å². The number of nitrogens with zero attached hydrogens (tertiary/aromatic N) is 1. The van der Waals surface area contributed by atoms with Gasteiger partial charge in [0.2, 0.25) is 16.1 Å². The maximum Gasteiger partial charge on any atom is 0.347 e. The molecule has 0 unspecified atom stereocenters. The van der Waals surface area contributed by atoms with Crippen LogP contribution in [0, 0.1) is 5.92 Å². The number of piperidine rings is 1. The molecule has 0 saturated carbocycles. The average Bonchev–Trinajstić information content (AvgIpc) is 3.00. The molecular formula is C16H18ClNO6S. The van der Waals surface area contributed by atoms with Crippen LogP contribution in [0.2, 0.25) is 5.02 Å². The Morgan fingerprint density at radius 1 is 1.16 bits per heavy atom. The summed E-state index contributed by atoms with van der Waals surface area (Å²) in [4.78, 5) is 23.7. The first kappa shape index (κ1) is 18.2. The van der Waals surface area contributed by atoms with E-state index in [2.05, 4.69) is 0 Å². The number of rotatable bonds is 4. The fourth-order valence-electron chi connectivity index (χ4n) is 2.91. The molecule has 2 heterocycles. The van der Waals surface area contributed by atoms with Crippen LogP contribution in [0.1, 0.15) is 19.3 Å². The van der Waals surface area contributed by atoms with Crippen LogP contribution < -0.4 is 0 Å². The van der Waals surface area contributed by atoms with Crippen LogP contribution in [0.25, 0.3) is 0 Å². The summed E-state index contributed by atoms with van der Waals surface area (Å²) in [6.07, 6.45) is 0.248. The van der Waals surface area contributed by atoms with Crippen molar-refractivity contribution in [3.05, 3.63) is 29.3 Å². The zero-order valence-corrected chi connectivity index (χ0v) is 15.0. The normalized spacial score (nSPS) is 22.6. The molecule has 25 heavy (non-hydrogen) atoms. The minimum absolute atomic E-state index is 0.173. The van der Waals surface area contributed by atoms with E-state index in [0.717, 1.165) is 0 Å². The van der Waals surface area contributed by atoms with Crippen LogP contribution in [0.3, 0.4) is 0 Å². The van der Waals surface area contributed by atoms with Crippen molar-refractivity contribution in [3.8, 4) is 0 Å². The Hall–Kier alpha value is -1.64. The SMILES string of the molecule is O=C(O[C@@H]1CCOC1=O)C1CCN(S(=O)(=O)c2ccc(Cl)cc2)CC1. The second-order valence-electron chi connectivity index (χ2n) is 6.01. The van der Waals surface area contributed by atoms with Gasteiger partial charge in [0, 0.05) is 24.5 Å². The second kappa shape index (κ2) is 7.31. The van der Waals surface area contributed by atoms with Gasteiger partial charge in [-0.25, -0.2) is 13.2 Å². The van der Waals surface area contributed by atoms with Gasteiger partial charge in [-0.1, -0.05) is 11.6 Å². The van der Waals surface area contributed by atoms with Gasteiger partial charge in [0.25, 0.3) is 0 Å². The lowest BCUT2D eigenvalue weighted by atomic mass is 9.98. The minimum atomic E-state index is -3.61. The first-order valence-electron chi connectivity index (χ1n) is 8.01. The van der Waals surface area contributed by atoms with E-state index in [9.17, 15) is 18.0 Å². The Morgan fingerprint density at radius 2 is 1.80 bits per heavy atom. The van der Waals surface area contributed by atoms with E-state index < -0.39 is 34.0 Å². The summed E-state index contributed by atoms with van der Waals surface area (Å²) in [5.74, 6) is -1.39. The molecule has 0 amide bonds. The molecule has 1 aromatic carbocycles. The largest absolute Gasteiger partial charge is 0.463 e. The molecule has 0 aliphatic carbocycles. The molecule has 0 bridgehead atoms. The van der Waals surface area contributed by atoms with Gasteiger partial charge in [0.15, 0.2) is 0 Å². The molecule has 3 rings (SSSR count). The number of carbonyl (C=O) groups excluding carboxylic acids is 2. The van der Waals surface area contributed by atoms with Crippen LogP contribution >= 0.6 is 11.6 Å². The highest BCUT2D eigenvalue weighted by Gasteiger charge is 2.36. The highest BCUT2D eigenvalue weighted by Crippen LogP contribution is 2.26. The van der Waals surface area contributed by atoms with Crippen LogP contribution in [0.4, 0.5) is 0 Å². The van der Waals surface area contributed by atoms with Crippen molar-refractivity contribution in [2.45, 2.75) is 30.3 Å². The molecule has 7 nitrogen and oxygen atoms in total. The zero-order valence-electron chi connectivity index (χ0n) is 13.4. The fourth-order valence-corrected chi connectivity index (χ4v) is 4.50. The number of sulfonamides is 1. The van der Waals surface area contributed by atoms with E-state index in [1.165, 1.54) is 28.6 Å². The Labute approximate surface area is 150 Å². The zero-order chi connectivity index (χ0) is 18.0. The topological polar surface area (TPSA) is 90.0 Å². The number of esters is 2. The van der Waals surface area contributed by atoms with E-state index in [0.29, 0.717) is 24.3 Å². The van der Waals surface area contributed by atoms with Crippen LogP contribution in [-0.4, -0.2) is 50.5 Å². The summed E-state index contributed by atoms with van der Waals surface area (Å²) in [5, 5.41) is 0.464. The standard InChI is InChI=1S/C16H18ClNO6S/c17-12-1-3-13(4-2-12)25(21,22)18-8-5-11(6-9-18)15(19)24-14-7-10-23-16(14)20/h1-4,11,14H,5-10H2/t14-/m1/s1.